The number of hydrogen-bond donors (Lipinski definition) is 2. The van der Waals surface area contributed by atoms with Gasteiger partial charge in [-0.05, 0) is 31.7 Å². The highest BCUT2D eigenvalue weighted by atomic mass is 35.5. The second-order valence-corrected chi connectivity index (χ2v) is 7.30. The first-order valence-corrected chi connectivity index (χ1v) is 10.3. The Bertz CT molecular complexity index is 560. The van der Waals surface area contributed by atoms with Gasteiger partial charge in [-0.1, -0.05) is 18.7 Å². The van der Waals surface area contributed by atoms with Crippen molar-refractivity contribution in [2.75, 3.05) is 63.0 Å². The molecular weight excluding hydrogens is 383 g/mol. The van der Waals surface area contributed by atoms with Crippen LogP contribution in [0.3, 0.4) is 0 Å². The largest absolute Gasteiger partial charge is 0.369 e. The van der Waals surface area contributed by atoms with Crippen molar-refractivity contribution >= 4 is 34.8 Å². The summed E-state index contributed by atoms with van der Waals surface area (Å²) in [6.07, 6.45) is 0. The lowest BCUT2D eigenvalue weighted by molar-refractivity contribution is -0.117. The predicted molar refractivity (Wildman–Crippen MR) is 117 cm³/mol. The molecule has 7 heteroatoms. The Kier molecular flexibility index (Phi) is 12.2. The molecule has 1 aromatic carbocycles. The summed E-state index contributed by atoms with van der Waals surface area (Å²) in [5.74, 6) is 1.09. The van der Waals surface area contributed by atoms with E-state index in [1.165, 1.54) is 5.56 Å². The highest BCUT2D eigenvalue weighted by Gasteiger charge is 2.05. The third-order valence-electron chi connectivity index (χ3n) is 4.18. The summed E-state index contributed by atoms with van der Waals surface area (Å²) in [7, 11) is 2.05. The molecule has 2 N–H and O–H groups in total. The molecule has 0 bridgehead atoms. The SMILES string of the molecule is C=C(C)C(=O)NCCN(C)CCNCc1ccc(N(CCCl)CCCl)cc1. The summed E-state index contributed by atoms with van der Waals surface area (Å²) in [6, 6.07) is 8.50. The van der Waals surface area contributed by atoms with Gasteiger partial charge in [-0.15, -0.1) is 23.2 Å². The number of nitrogens with zero attached hydrogens (tertiary/aromatic N) is 2. The Morgan fingerprint density at radius 1 is 1.04 bits per heavy atom. The van der Waals surface area contributed by atoms with E-state index in [1.807, 2.05) is 7.05 Å². The van der Waals surface area contributed by atoms with Gasteiger partial charge in [-0.2, -0.15) is 0 Å². The maximum Gasteiger partial charge on any atom is 0.246 e. The van der Waals surface area contributed by atoms with Crippen molar-refractivity contribution in [3.63, 3.8) is 0 Å². The quantitative estimate of drug-likeness (QED) is 0.279. The number of rotatable bonds is 14. The van der Waals surface area contributed by atoms with Crippen LogP contribution in [0.15, 0.2) is 36.4 Å². The van der Waals surface area contributed by atoms with Crippen molar-refractivity contribution in [3.8, 4) is 0 Å². The van der Waals surface area contributed by atoms with Gasteiger partial charge in [0.2, 0.25) is 5.91 Å². The number of hydrogen-bond acceptors (Lipinski definition) is 4. The average Bonchev–Trinajstić information content (AvgIpc) is 2.65. The summed E-state index contributed by atoms with van der Waals surface area (Å²) in [6.45, 7) is 11.0. The second kappa shape index (κ2) is 13.8. The van der Waals surface area contributed by atoms with Crippen LogP contribution in [0.5, 0.6) is 0 Å². The Labute approximate surface area is 173 Å². The minimum Gasteiger partial charge on any atom is -0.369 e. The molecule has 27 heavy (non-hydrogen) atoms. The number of halogens is 2. The Hall–Kier alpha value is -1.27. The van der Waals surface area contributed by atoms with Crippen LogP contribution in [0.25, 0.3) is 0 Å². The number of carbonyl (C=O) groups is 1. The zero-order valence-electron chi connectivity index (χ0n) is 16.4. The topological polar surface area (TPSA) is 47.6 Å². The lowest BCUT2D eigenvalue weighted by Gasteiger charge is -2.23. The monoisotopic (exact) mass is 414 g/mol. The summed E-state index contributed by atoms with van der Waals surface area (Å²) in [5, 5.41) is 6.29. The lowest BCUT2D eigenvalue weighted by atomic mass is 10.2. The fraction of sp³-hybridized carbons (Fsp3) is 0.550. The van der Waals surface area contributed by atoms with E-state index in [-0.39, 0.29) is 5.91 Å². The van der Waals surface area contributed by atoms with Gasteiger partial charge in [-0.25, -0.2) is 0 Å². The highest BCUT2D eigenvalue weighted by molar-refractivity contribution is 6.18. The first kappa shape index (κ1) is 23.8. The third kappa shape index (κ3) is 10.0. The molecule has 1 amide bonds. The summed E-state index contributed by atoms with van der Waals surface area (Å²) < 4.78 is 0. The highest BCUT2D eigenvalue weighted by Crippen LogP contribution is 2.15. The van der Waals surface area contributed by atoms with Gasteiger partial charge in [-0.3, -0.25) is 4.79 Å². The van der Waals surface area contributed by atoms with E-state index >= 15 is 0 Å². The van der Waals surface area contributed by atoms with Gasteiger partial charge >= 0.3 is 0 Å². The molecule has 0 saturated carbocycles. The van der Waals surface area contributed by atoms with Crippen LogP contribution in [0.1, 0.15) is 12.5 Å². The molecule has 1 rings (SSSR count). The average molecular weight is 415 g/mol. The zero-order valence-corrected chi connectivity index (χ0v) is 18.0. The zero-order chi connectivity index (χ0) is 20.1. The number of nitrogens with one attached hydrogen (secondary N) is 2. The van der Waals surface area contributed by atoms with Crippen molar-refractivity contribution in [2.24, 2.45) is 0 Å². The first-order valence-electron chi connectivity index (χ1n) is 9.26. The standard InChI is InChI=1S/C20H32Cl2N4O/c1-17(2)20(27)24-11-15-25(3)14-10-23-16-18-4-6-19(7-5-18)26(12-8-21)13-9-22/h4-7,23H,1,8-16H2,2-3H3,(H,24,27). The van der Waals surface area contributed by atoms with E-state index in [0.29, 0.717) is 23.9 Å². The maximum absolute atomic E-state index is 11.4. The second-order valence-electron chi connectivity index (χ2n) is 6.55. The van der Waals surface area contributed by atoms with Crippen LogP contribution in [-0.4, -0.2) is 68.9 Å². The van der Waals surface area contributed by atoms with Gasteiger partial charge in [0.1, 0.15) is 0 Å². The third-order valence-corrected chi connectivity index (χ3v) is 4.51. The van der Waals surface area contributed by atoms with E-state index in [9.17, 15) is 4.79 Å². The smallest absolute Gasteiger partial charge is 0.246 e. The first-order chi connectivity index (χ1) is 13.0. The van der Waals surface area contributed by atoms with Gasteiger partial charge < -0.3 is 20.4 Å². The van der Waals surface area contributed by atoms with Gasteiger partial charge in [0.15, 0.2) is 0 Å². The molecule has 5 nitrogen and oxygen atoms in total. The minimum absolute atomic E-state index is 0.0827. The van der Waals surface area contributed by atoms with E-state index in [0.717, 1.165) is 45.0 Å². The molecule has 152 valence electrons. The molecule has 0 aliphatic carbocycles. The number of benzene rings is 1. The minimum atomic E-state index is -0.0827. The van der Waals surface area contributed by atoms with Crippen molar-refractivity contribution in [1.29, 1.82) is 0 Å². The predicted octanol–water partition coefficient (Wildman–Crippen LogP) is 2.68. The Morgan fingerprint density at radius 3 is 2.19 bits per heavy atom. The molecule has 0 aromatic heterocycles. The van der Waals surface area contributed by atoms with Gasteiger partial charge in [0.05, 0.1) is 0 Å². The molecule has 0 fully saturated rings. The molecule has 0 atom stereocenters. The fourth-order valence-corrected chi connectivity index (χ4v) is 2.93. The van der Waals surface area contributed by atoms with Crippen LogP contribution >= 0.6 is 23.2 Å². The van der Waals surface area contributed by atoms with Crippen LogP contribution in [0.4, 0.5) is 5.69 Å². The van der Waals surface area contributed by atoms with Gasteiger partial charge in [0, 0.05) is 68.8 Å². The van der Waals surface area contributed by atoms with Crippen molar-refractivity contribution < 1.29 is 4.79 Å². The normalized spacial score (nSPS) is 10.9. The van der Waals surface area contributed by atoms with Gasteiger partial charge in [0.25, 0.3) is 0 Å². The maximum atomic E-state index is 11.4. The van der Waals surface area contributed by atoms with Crippen molar-refractivity contribution in [3.05, 3.63) is 42.0 Å². The van der Waals surface area contributed by atoms with Crippen LogP contribution in [0.2, 0.25) is 0 Å². The van der Waals surface area contributed by atoms with Crippen LogP contribution in [0, 0.1) is 0 Å². The molecule has 0 unspecified atom stereocenters. The number of anilines is 1. The summed E-state index contributed by atoms with van der Waals surface area (Å²) in [4.78, 5) is 15.8. The van der Waals surface area contributed by atoms with E-state index in [2.05, 4.69) is 51.3 Å². The number of likely N-dealkylation sites (N-methyl/N-ethyl adjacent to an activating group) is 1. The molecule has 0 radical (unpaired) electrons. The Balaban J connectivity index is 2.26. The molecular formula is C20H32Cl2N4O. The molecule has 0 spiro atoms. The molecule has 0 heterocycles. The van der Waals surface area contributed by atoms with E-state index < -0.39 is 0 Å². The van der Waals surface area contributed by atoms with Crippen LogP contribution in [-0.2, 0) is 11.3 Å². The Morgan fingerprint density at radius 2 is 1.63 bits per heavy atom. The van der Waals surface area contributed by atoms with Crippen molar-refractivity contribution in [2.45, 2.75) is 13.5 Å². The van der Waals surface area contributed by atoms with Crippen molar-refractivity contribution in [1.82, 2.24) is 15.5 Å². The van der Waals surface area contributed by atoms with E-state index in [4.69, 9.17) is 23.2 Å². The summed E-state index contributed by atoms with van der Waals surface area (Å²) >= 11 is 11.7. The molecule has 0 aliphatic heterocycles. The molecule has 0 saturated heterocycles. The molecule has 0 aliphatic rings. The number of carbonyl (C=O) groups excluding carboxylic acids is 1. The lowest BCUT2D eigenvalue weighted by Crippen LogP contribution is -2.36. The molecule has 1 aromatic rings. The summed E-state index contributed by atoms with van der Waals surface area (Å²) in [5.41, 5.74) is 2.93. The van der Waals surface area contributed by atoms with Crippen LogP contribution < -0.4 is 15.5 Å². The fourth-order valence-electron chi connectivity index (χ4n) is 2.52. The van der Waals surface area contributed by atoms with E-state index in [1.54, 1.807) is 6.92 Å². The number of amides is 1. The number of alkyl halides is 2.